The van der Waals surface area contributed by atoms with E-state index in [4.69, 9.17) is 10.5 Å². The van der Waals surface area contributed by atoms with Crippen molar-refractivity contribution >= 4 is 6.02 Å². The average Bonchev–Trinajstić information content (AvgIpc) is 2.80. The molecule has 1 heterocycles. The summed E-state index contributed by atoms with van der Waals surface area (Å²) in [4.78, 5) is 4.16. The van der Waals surface area contributed by atoms with Crippen LogP contribution in [0.3, 0.4) is 0 Å². The van der Waals surface area contributed by atoms with E-state index >= 15 is 0 Å². The van der Waals surface area contributed by atoms with Crippen LogP contribution in [0.15, 0.2) is 29.3 Å². The first kappa shape index (κ1) is 15.7. The van der Waals surface area contributed by atoms with E-state index < -0.39 is 11.7 Å². The molecule has 0 aromatic heterocycles. The lowest BCUT2D eigenvalue weighted by atomic mass is 9.83. The van der Waals surface area contributed by atoms with Gasteiger partial charge in [-0.15, -0.1) is 0 Å². The maximum atomic E-state index is 12.8. The normalized spacial score (nSPS) is 20.3. The lowest BCUT2D eigenvalue weighted by Crippen LogP contribution is -2.17. The van der Waals surface area contributed by atoms with Gasteiger partial charge in [0.25, 0.3) is 6.02 Å². The number of amidine groups is 1. The van der Waals surface area contributed by atoms with Gasteiger partial charge in [0.15, 0.2) is 0 Å². The summed E-state index contributed by atoms with van der Waals surface area (Å²) < 4.78 is 43.6. The second-order valence-corrected chi connectivity index (χ2v) is 5.64. The van der Waals surface area contributed by atoms with Crippen LogP contribution in [0.5, 0.6) is 0 Å². The summed E-state index contributed by atoms with van der Waals surface area (Å²) >= 11 is 0. The van der Waals surface area contributed by atoms with E-state index in [1.165, 1.54) is 12.1 Å². The van der Waals surface area contributed by atoms with E-state index in [9.17, 15) is 13.2 Å². The third kappa shape index (κ3) is 3.89. The molecule has 1 aliphatic heterocycles. The van der Waals surface area contributed by atoms with Crippen LogP contribution in [-0.4, -0.2) is 18.7 Å². The molecular weight excluding hydrogens is 281 g/mol. The molecule has 0 radical (unpaired) electrons. The van der Waals surface area contributed by atoms with Crippen LogP contribution in [0.1, 0.15) is 37.3 Å². The zero-order valence-electron chi connectivity index (χ0n) is 12.0. The van der Waals surface area contributed by atoms with Crippen molar-refractivity contribution in [3.05, 3.63) is 35.4 Å². The number of alkyl halides is 3. The molecular formula is C15H19F3N2O. The number of nitrogens with zero attached hydrogens (tertiary/aromatic N) is 1. The topological polar surface area (TPSA) is 47.6 Å². The number of rotatable bonds is 4. The highest BCUT2D eigenvalue weighted by Gasteiger charge is 2.32. The van der Waals surface area contributed by atoms with Gasteiger partial charge in [0.1, 0.15) is 6.61 Å². The van der Waals surface area contributed by atoms with E-state index in [2.05, 4.69) is 4.99 Å². The quantitative estimate of drug-likeness (QED) is 0.924. The summed E-state index contributed by atoms with van der Waals surface area (Å²) in [6.07, 6.45) is -3.70. The summed E-state index contributed by atoms with van der Waals surface area (Å²) in [5.74, 6) is 0.182. The van der Waals surface area contributed by atoms with Gasteiger partial charge in [-0.25, -0.2) is 4.99 Å². The van der Waals surface area contributed by atoms with Crippen molar-refractivity contribution in [1.82, 2.24) is 0 Å². The van der Waals surface area contributed by atoms with Crippen molar-refractivity contribution in [1.29, 1.82) is 0 Å². The fourth-order valence-corrected chi connectivity index (χ4v) is 2.59. The van der Waals surface area contributed by atoms with Crippen LogP contribution < -0.4 is 5.73 Å². The van der Waals surface area contributed by atoms with E-state index in [-0.39, 0.29) is 23.9 Å². The minimum Gasteiger partial charge on any atom is -0.463 e. The fourth-order valence-electron chi connectivity index (χ4n) is 2.59. The van der Waals surface area contributed by atoms with Gasteiger partial charge in [-0.3, -0.25) is 0 Å². The van der Waals surface area contributed by atoms with Gasteiger partial charge in [-0.05, 0) is 29.9 Å². The first-order chi connectivity index (χ1) is 9.77. The summed E-state index contributed by atoms with van der Waals surface area (Å²) in [6.45, 7) is 4.38. The third-order valence-electron chi connectivity index (χ3n) is 3.71. The smallest absolute Gasteiger partial charge is 0.416 e. The number of ether oxygens (including phenoxy) is 1. The summed E-state index contributed by atoms with van der Waals surface area (Å²) in [7, 11) is 0. The van der Waals surface area contributed by atoms with Crippen LogP contribution in [0.25, 0.3) is 0 Å². The average molecular weight is 300 g/mol. The molecule has 0 bridgehead atoms. The molecule has 2 rings (SSSR count). The summed E-state index contributed by atoms with van der Waals surface area (Å²) in [5, 5.41) is 0. The first-order valence-electron chi connectivity index (χ1n) is 6.90. The molecule has 0 spiro atoms. The second kappa shape index (κ2) is 5.95. The van der Waals surface area contributed by atoms with Crippen LogP contribution in [0, 0.1) is 5.92 Å². The molecule has 0 amide bonds. The van der Waals surface area contributed by atoms with Crippen molar-refractivity contribution < 1.29 is 17.9 Å². The van der Waals surface area contributed by atoms with Gasteiger partial charge in [0, 0.05) is 0 Å². The highest BCUT2D eigenvalue weighted by molar-refractivity contribution is 5.73. The Balaban J connectivity index is 2.22. The van der Waals surface area contributed by atoms with Crippen LogP contribution in [0.2, 0.25) is 0 Å². The number of hydrogen-bond donors (Lipinski definition) is 1. The summed E-state index contributed by atoms with van der Waals surface area (Å²) in [6, 6.07) is 5.58. The molecule has 0 saturated heterocycles. The Morgan fingerprint density at radius 1 is 1.38 bits per heavy atom. The molecule has 1 aromatic rings. The Morgan fingerprint density at radius 3 is 2.62 bits per heavy atom. The van der Waals surface area contributed by atoms with Gasteiger partial charge in [-0.2, -0.15) is 13.2 Å². The van der Waals surface area contributed by atoms with E-state index in [0.717, 1.165) is 6.07 Å². The number of nitrogens with two attached hydrogens (primary N) is 1. The van der Waals surface area contributed by atoms with Gasteiger partial charge < -0.3 is 10.5 Å². The fraction of sp³-hybridized carbons (Fsp3) is 0.533. The molecule has 21 heavy (non-hydrogen) atoms. The molecule has 116 valence electrons. The monoisotopic (exact) mass is 300 g/mol. The lowest BCUT2D eigenvalue weighted by molar-refractivity contribution is -0.137. The van der Waals surface area contributed by atoms with E-state index in [0.29, 0.717) is 18.6 Å². The zero-order valence-corrected chi connectivity index (χ0v) is 12.0. The zero-order chi connectivity index (χ0) is 15.6. The SMILES string of the molecule is CC(C)C(CC1COC(N)=N1)c1cccc(C(F)(F)F)c1. The van der Waals surface area contributed by atoms with Crippen LogP contribution in [0.4, 0.5) is 13.2 Å². The van der Waals surface area contributed by atoms with Gasteiger partial charge >= 0.3 is 6.18 Å². The molecule has 2 atom stereocenters. The van der Waals surface area contributed by atoms with Crippen LogP contribution in [-0.2, 0) is 10.9 Å². The lowest BCUT2D eigenvalue weighted by Gasteiger charge is -2.23. The van der Waals surface area contributed by atoms with Crippen LogP contribution >= 0.6 is 0 Å². The third-order valence-corrected chi connectivity index (χ3v) is 3.71. The minimum absolute atomic E-state index is 0.0180. The maximum absolute atomic E-state index is 12.8. The molecule has 0 saturated carbocycles. The highest BCUT2D eigenvalue weighted by atomic mass is 19.4. The molecule has 1 aliphatic rings. The maximum Gasteiger partial charge on any atom is 0.416 e. The highest BCUT2D eigenvalue weighted by Crippen LogP contribution is 2.35. The number of halogens is 3. The standard InChI is InChI=1S/C15H19F3N2O/c1-9(2)13(7-12-8-21-14(19)20-12)10-4-3-5-11(6-10)15(16,17)18/h3-6,9,12-13H,7-8H2,1-2H3,(H2,19,20). The largest absolute Gasteiger partial charge is 0.463 e. The molecule has 0 aliphatic carbocycles. The Hall–Kier alpha value is -1.72. The Kier molecular flexibility index (Phi) is 4.44. The number of hydrogen-bond acceptors (Lipinski definition) is 3. The predicted octanol–water partition coefficient (Wildman–Crippen LogP) is 3.55. The van der Waals surface area contributed by atoms with Crippen molar-refractivity contribution in [2.45, 2.75) is 38.4 Å². The molecule has 3 nitrogen and oxygen atoms in total. The molecule has 1 aromatic carbocycles. The molecule has 6 heteroatoms. The van der Waals surface area contributed by atoms with Crippen molar-refractivity contribution in [2.24, 2.45) is 16.6 Å². The Morgan fingerprint density at radius 2 is 2.10 bits per heavy atom. The van der Waals surface area contributed by atoms with Gasteiger partial charge in [-0.1, -0.05) is 32.0 Å². The van der Waals surface area contributed by atoms with Gasteiger partial charge in [0.2, 0.25) is 0 Å². The minimum atomic E-state index is -4.32. The summed E-state index contributed by atoms with van der Waals surface area (Å²) in [5.41, 5.74) is 5.54. The Bertz CT molecular complexity index is 526. The molecule has 2 unspecified atom stereocenters. The molecule has 2 N–H and O–H groups in total. The van der Waals surface area contributed by atoms with E-state index in [1.807, 2.05) is 13.8 Å². The van der Waals surface area contributed by atoms with E-state index in [1.54, 1.807) is 6.07 Å². The number of aliphatic imine (C=N–C) groups is 1. The first-order valence-corrected chi connectivity index (χ1v) is 6.90. The van der Waals surface area contributed by atoms with Gasteiger partial charge in [0.05, 0.1) is 11.6 Å². The second-order valence-electron chi connectivity index (χ2n) is 5.64. The van der Waals surface area contributed by atoms with Crippen molar-refractivity contribution in [2.75, 3.05) is 6.61 Å². The van der Waals surface area contributed by atoms with Crippen molar-refractivity contribution in [3.63, 3.8) is 0 Å². The Labute approximate surface area is 122 Å². The molecule has 0 fully saturated rings. The number of benzene rings is 1. The van der Waals surface area contributed by atoms with Crippen molar-refractivity contribution in [3.8, 4) is 0 Å². The predicted molar refractivity (Wildman–Crippen MR) is 75.0 cm³/mol.